The molecule has 1 amide bonds. The number of rotatable bonds is 5. The number of hydrazine groups is 1. The van der Waals surface area contributed by atoms with Crippen LogP contribution in [0, 0.1) is 5.92 Å². The molecule has 4 rings (SSSR count). The molecule has 2 atom stereocenters. The van der Waals surface area contributed by atoms with Crippen LogP contribution >= 0.6 is 23.2 Å². The first-order valence-corrected chi connectivity index (χ1v) is 11.3. The van der Waals surface area contributed by atoms with Crippen molar-refractivity contribution in [3.8, 4) is 5.75 Å². The molecular formula is C23H26Cl2N4O2. The van der Waals surface area contributed by atoms with E-state index in [4.69, 9.17) is 33.0 Å². The number of hydrogen-bond donors (Lipinski definition) is 1. The average molecular weight is 461 g/mol. The molecule has 0 aliphatic carbocycles. The minimum Gasteiger partial charge on any atom is -0.497 e. The molecule has 0 saturated carbocycles. The number of nitrogens with one attached hydrogen (secondary N) is 1. The van der Waals surface area contributed by atoms with Gasteiger partial charge in [0.2, 0.25) is 0 Å². The third-order valence-electron chi connectivity index (χ3n) is 5.85. The summed E-state index contributed by atoms with van der Waals surface area (Å²) in [6.07, 6.45) is 3.37. The Balaban J connectivity index is 1.67. The fourth-order valence-electron chi connectivity index (χ4n) is 4.19. The lowest BCUT2D eigenvalue weighted by Crippen LogP contribution is -2.48. The molecule has 164 valence electrons. The van der Waals surface area contributed by atoms with Gasteiger partial charge >= 0.3 is 0 Å². The number of carbonyl (C=O) groups excluding carboxylic acids is 1. The van der Waals surface area contributed by atoms with Gasteiger partial charge in [-0.1, -0.05) is 48.7 Å². The number of ether oxygens (including phenoxy) is 1. The number of carbonyl (C=O) groups is 1. The SMILES string of the molecule is COc1ccc([C@H]2[C@H](C)C(C(=O)NN3CCCCC3)=NN2c2ccc(Cl)cc2Cl)cc1. The summed E-state index contributed by atoms with van der Waals surface area (Å²) in [5, 5.41) is 9.60. The molecule has 0 spiro atoms. The predicted octanol–water partition coefficient (Wildman–Crippen LogP) is 5.07. The van der Waals surface area contributed by atoms with Gasteiger partial charge in [0.05, 0.1) is 23.9 Å². The van der Waals surface area contributed by atoms with Crippen LogP contribution in [0.1, 0.15) is 37.8 Å². The number of halogens is 2. The molecule has 2 aromatic carbocycles. The van der Waals surface area contributed by atoms with E-state index in [0.717, 1.165) is 37.2 Å². The van der Waals surface area contributed by atoms with Gasteiger partial charge in [0, 0.05) is 24.0 Å². The first-order valence-electron chi connectivity index (χ1n) is 10.5. The van der Waals surface area contributed by atoms with E-state index in [9.17, 15) is 4.79 Å². The lowest BCUT2D eigenvalue weighted by Gasteiger charge is -2.28. The molecule has 6 nitrogen and oxygen atoms in total. The van der Waals surface area contributed by atoms with Crippen molar-refractivity contribution in [2.24, 2.45) is 11.0 Å². The van der Waals surface area contributed by atoms with Crippen molar-refractivity contribution in [2.75, 3.05) is 25.2 Å². The molecule has 31 heavy (non-hydrogen) atoms. The molecule has 0 unspecified atom stereocenters. The van der Waals surface area contributed by atoms with Gasteiger partial charge in [-0.05, 0) is 48.7 Å². The summed E-state index contributed by atoms with van der Waals surface area (Å²) in [6, 6.07) is 12.9. The standard InChI is InChI=1S/C23H26Cl2N4O2/c1-15-21(23(30)27-28-12-4-3-5-13-28)26-29(20-11-8-17(24)14-19(20)25)22(15)16-6-9-18(31-2)10-7-16/h6-11,14-15,22H,3-5,12-13H2,1-2H3,(H,27,30)/t15-,22-/m1/s1. The van der Waals surface area contributed by atoms with E-state index in [0.29, 0.717) is 21.4 Å². The number of amides is 1. The third-order valence-corrected chi connectivity index (χ3v) is 6.38. The largest absolute Gasteiger partial charge is 0.497 e. The first-order chi connectivity index (χ1) is 15.0. The molecule has 0 aromatic heterocycles. The summed E-state index contributed by atoms with van der Waals surface area (Å²) in [5.41, 5.74) is 5.25. The zero-order valence-electron chi connectivity index (χ0n) is 17.6. The van der Waals surface area contributed by atoms with E-state index in [1.807, 2.05) is 47.3 Å². The molecule has 1 fully saturated rings. The molecule has 2 aliphatic heterocycles. The number of hydrogen-bond acceptors (Lipinski definition) is 5. The van der Waals surface area contributed by atoms with Crippen LogP contribution in [-0.2, 0) is 4.79 Å². The Kier molecular flexibility index (Phi) is 6.70. The zero-order valence-corrected chi connectivity index (χ0v) is 19.2. The lowest BCUT2D eigenvalue weighted by atomic mass is 9.91. The summed E-state index contributed by atoms with van der Waals surface area (Å²) in [5.74, 6) is 0.458. The van der Waals surface area contributed by atoms with E-state index in [2.05, 4.69) is 5.43 Å². The van der Waals surface area contributed by atoms with Crippen LogP contribution in [0.3, 0.4) is 0 Å². The molecule has 8 heteroatoms. The van der Waals surface area contributed by atoms with Crippen molar-refractivity contribution in [3.05, 3.63) is 58.1 Å². The second-order valence-electron chi connectivity index (χ2n) is 7.92. The molecule has 2 aromatic rings. The van der Waals surface area contributed by atoms with Crippen molar-refractivity contribution in [3.63, 3.8) is 0 Å². The van der Waals surface area contributed by atoms with Gasteiger partial charge in [0.1, 0.15) is 11.5 Å². The van der Waals surface area contributed by atoms with Crippen molar-refractivity contribution in [1.82, 2.24) is 10.4 Å². The van der Waals surface area contributed by atoms with Crippen molar-refractivity contribution in [1.29, 1.82) is 0 Å². The van der Waals surface area contributed by atoms with Crippen LogP contribution in [-0.4, -0.2) is 36.8 Å². The molecule has 0 bridgehead atoms. The Morgan fingerprint density at radius 1 is 1.10 bits per heavy atom. The molecule has 1 N–H and O–H groups in total. The first kappa shape index (κ1) is 21.9. The van der Waals surface area contributed by atoms with Gasteiger partial charge in [0.15, 0.2) is 0 Å². The molecule has 1 saturated heterocycles. The summed E-state index contributed by atoms with van der Waals surface area (Å²) in [7, 11) is 1.64. The van der Waals surface area contributed by atoms with E-state index in [1.165, 1.54) is 6.42 Å². The van der Waals surface area contributed by atoms with E-state index in [1.54, 1.807) is 19.2 Å². The average Bonchev–Trinajstić information content (AvgIpc) is 3.11. The highest BCUT2D eigenvalue weighted by atomic mass is 35.5. The Bertz CT molecular complexity index is 974. The minimum atomic E-state index is -0.188. The maximum atomic E-state index is 13.1. The highest BCUT2D eigenvalue weighted by molar-refractivity contribution is 6.41. The van der Waals surface area contributed by atoms with Crippen LogP contribution in [0.2, 0.25) is 10.0 Å². The number of methoxy groups -OCH3 is 1. The van der Waals surface area contributed by atoms with E-state index >= 15 is 0 Å². The number of piperidine rings is 1. The smallest absolute Gasteiger partial charge is 0.282 e. The van der Waals surface area contributed by atoms with Crippen molar-refractivity contribution in [2.45, 2.75) is 32.2 Å². The molecule has 2 heterocycles. The molecule has 2 aliphatic rings. The van der Waals surface area contributed by atoms with Gasteiger partial charge in [-0.2, -0.15) is 5.10 Å². The van der Waals surface area contributed by atoms with Gasteiger partial charge in [0.25, 0.3) is 5.91 Å². The second-order valence-corrected chi connectivity index (χ2v) is 8.76. The zero-order chi connectivity index (χ0) is 22.0. The van der Waals surface area contributed by atoms with Crippen LogP contribution in [0.15, 0.2) is 47.6 Å². The van der Waals surface area contributed by atoms with Crippen molar-refractivity contribution >= 4 is 40.5 Å². The van der Waals surface area contributed by atoms with Crippen LogP contribution in [0.25, 0.3) is 0 Å². The van der Waals surface area contributed by atoms with Gasteiger partial charge < -0.3 is 4.74 Å². The van der Waals surface area contributed by atoms with Gasteiger partial charge in [-0.25, -0.2) is 5.01 Å². The van der Waals surface area contributed by atoms with Crippen LogP contribution in [0.5, 0.6) is 5.75 Å². The number of anilines is 1. The Morgan fingerprint density at radius 3 is 2.45 bits per heavy atom. The normalized spacial score (nSPS) is 21.7. The second kappa shape index (κ2) is 9.47. The fraction of sp³-hybridized carbons (Fsp3) is 0.391. The van der Waals surface area contributed by atoms with Gasteiger partial charge in [-0.15, -0.1) is 0 Å². The predicted molar refractivity (Wildman–Crippen MR) is 125 cm³/mol. The number of nitrogens with zero attached hydrogens (tertiary/aromatic N) is 3. The van der Waals surface area contributed by atoms with E-state index < -0.39 is 0 Å². The monoisotopic (exact) mass is 460 g/mol. The molecular weight excluding hydrogens is 435 g/mol. The summed E-state index contributed by atoms with van der Waals surface area (Å²) >= 11 is 12.6. The topological polar surface area (TPSA) is 57.2 Å². The van der Waals surface area contributed by atoms with Crippen LogP contribution < -0.4 is 15.2 Å². The van der Waals surface area contributed by atoms with Crippen LogP contribution in [0.4, 0.5) is 5.69 Å². The minimum absolute atomic E-state index is 0.148. The summed E-state index contributed by atoms with van der Waals surface area (Å²) in [4.78, 5) is 13.1. The highest BCUT2D eigenvalue weighted by Crippen LogP contribution is 2.42. The van der Waals surface area contributed by atoms with E-state index in [-0.39, 0.29) is 17.9 Å². The fourth-order valence-corrected chi connectivity index (χ4v) is 4.69. The third kappa shape index (κ3) is 4.66. The quantitative estimate of drug-likeness (QED) is 0.676. The Hall–Kier alpha value is -2.28. The number of hydrazone groups is 1. The summed E-state index contributed by atoms with van der Waals surface area (Å²) < 4.78 is 5.30. The lowest BCUT2D eigenvalue weighted by molar-refractivity contribution is -0.120. The van der Waals surface area contributed by atoms with Gasteiger partial charge in [-0.3, -0.25) is 15.2 Å². The maximum absolute atomic E-state index is 13.1. The number of benzene rings is 2. The summed E-state index contributed by atoms with van der Waals surface area (Å²) in [6.45, 7) is 3.75. The highest BCUT2D eigenvalue weighted by Gasteiger charge is 2.40. The Labute approximate surface area is 192 Å². The van der Waals surface area contributed by atoms with Crippen molar-refractivity contribution < 1.29 is 9.53 Å². The Morgan fingerprint density at radius 2 is 1.81 bits per heavy atom. The maximum Gasteiger partial charge on any atom is 0.282 e. The molecule has 0 radical (unpaired) electrons.